The van der Waals surface area contributed by atoms with Crippen LogP contribution in [0.4, 0.5) is 0 Å². The molecule has 0 aromatic carbocycles. The lowest BCUT2D eigenvalue weighted by Gasteiger charge is -2.38. The SMILES string of the molecule is C=C1CC(CCCO[Si](CC)(CC)CC)OC1CC[C@H]1C[C@@H](C)C(=C)C(C[C@@H]2O[C@H](C[C@H](C)CO[Si](C)(C)C(C)(C)C)[C@H](C)[C@H]2CC(=O)OC)O1. The zero-order chi connectivity index (χ0) is 38.1. The largest absolute Gasteiger partial charge is 0.469 e. The Labute approximate surface area is 315 Å². The molecule has 0 N–H and O–H groups in total. The van der Waals surface area contributed by atoms with E-state index in [1.54, 1.807) is 0 Å². The van der Waals surface area contributed by atoms with E-state index < -0.39 is 16.6 Å². The Morgan fingerprint density at radius 1 is 0.922 bits per heavy atom. The van der Waals surface area contributed by atoms with Gasteiger partial charge in [0.15, 0.2) is 16.6 Å². The Morgan fingerprint density at radius 2 is 1.57 bits per heavy atom. The molecule has 0 saturated carbocycles. The summed E-state index contributed by atoms with van der Waals surface area (Å²) in [6, 6.07) is 3.59. The summed E-state index contributed by atoms with van der Waals surface area (Å²) in [4.78, 5) is 12.6. The smallest absolute Gasteiger partial charge is 0.305 e. The van der Waals surface area contributed by atoms with Crippen LogP contribution >= 0.6 is 0 Å². The molecule has 0 amide bonds. The van der Waals surface area contributed by atoms with E-state index in [4.69, 9.17) is 27.8 Å². The summed E-state index contributed by atoms with van der Waals surface area (Å²) in [5, 5.41) is 0.181. The van der Waals surface area contributed by atoms with Crippen LogP contribution in [0, 0.1) is 23.7 Å². The van der Waals surface area contributed by atoms with Crippen molar-refractivity contribution < 1.29 is 32.6 Å². The molecule has 3 aliphatic heterocycles. The molecule has 3 aliphatic rings. The molecule has 9 heteroatoms. The lowest BCUT2D eigenvalue weighted by atomic mass is 9.79. The van der Waals surface area contributed by atoms with Crippen LogP contribution in [0.2, 0.25) is 36.3 Å². The third kappa shape index (κ3) is 12.3. The number of esters is 1. The van der Waals surface area contributed by atoms with Gasteiger partial charge in [0, 0.05) is 25.6 Å². The number of hydrogen-bond donors (Lipinski definition) is 0. The number of ether oxygens (including phenoxy) is 4. The van der Waals surface area contributed by atoms with Gasteiger partial charge in [-0.1, -0.05) is 75.5 Å². The minimum absolute atomic E-state index is 0.0624. The Bertz CT molecular complexity index is 1110. The van der Waals surface area contributed by atoms with E-state index in [0.29, 0.717) is 24.7 Å². The van der Waals surface area contributed by atoms with Crippen LogP contribution in [-0.2, 0) is 32.6 Å². The molecule has 0 aromatic rings. The van der Waals surface area contributed by atoms with Crippen molar-refractivity contribution in [3.05, 3.63) is 24.3 Å². The highest BCUT2D eigenvalue weighted by atomic mass is 28.4. The molecule has 0 bridgehead atoms. The third-order valence-electron chi connectivity index (χ3n) is 13.4. The van der Waals surface area contributed by atoms with Gasteiger partial charge in [-0.25, -0.2) is 0 Å². The average molecular weight is 751 g/mol. The first-order valence-electron chi connectivity index (χ1n) is 20.6. The fourth-order valence-corrected chi connectivity index (χ4v) is 12.1. The highest BCUT2D eigenvalue weighted by Gasteiger charge is 2.46. The van der Waals surface area contributed by atoms with Crippen molar-refractivity contribution in [2.45, 2.75) is 193 Å². The van der Waals surface area contributed by atoms with Crippen LogP contribution in [0.5, 0.6) is 0 Å². The van der Waals surface area contributed by atoms with Crippen LogP contribution in [0.3, 0.4) is 0 Å². The van der Waals surface area contributed by atoms with E-state index in [0.717, 1.165) is 63.7 Å². The second-order valence-electron chi connectivity index (χ2n) is 18.0. The number of methoxy groups -OCH3 is 1. The Morgan fingerprint density at radius 3 is 2.18 bits per heavy atom. The van der Waals surface area contributed by atoms with Gasteiger partial charge < -0.3 is 27.8 Å². The van der Waals surface area contributed by atoms with Crippen molar-refractivity contribution in [2.24, 2.45) is 23.7 Å². The highest BCUT2D eigenvalue weighted by molar-refractivity contribution is 6.74. The summed E-state index contributed by atoms with van der Waals surface area (Å²) in [7, 11) is -1.88. The Hall–Kier alpha value is -0.816. The van der Waals surface area contributed by atoms with Crippen molar-refractivity contribution in [1.82, 2.24) is 0 Å². The first kappa shape index (κ1) is 44.6. The molecule has 3 unspecified atom stereocenters. The van der Waals surface area contributed by atoms with E-state index in [-0.39, 0.29) is 59.5 Å². The maximum absolute atomic E-state index is 12.6. The normalized spacial score (nSPS) is 31.3. The summed E-state index contributed by atoms with van der Waals surface area (Å²) in [5.74, 6) is 0.851. The van der Waals surface area contributed by atoms with Gasteiger partial charge in [-0.15, -0.1) is 0 Å². The van der Waals surface area contributed by atoms with Gasteiger partial charge in [-0.2, -0.15) is 0 Å². The molecular formula is C42H78O7Si2. The maximum Gasteiger partial charge on any atom is 0.305 e. The van der Waals surface area contributed by atoms with E-state index in [2.05, 4.69) is 88.6 Å². The van der Waals surface area contributed by atoms with Gasteiger partial charge in [0.25, 0.3) is 0 Å². The molecule has 3 heterocycles. The maximum atomic E-state index is 12.6. The number of carbonyl (C=O) groups excluding carboxylic acids is 1. The van der Waals surface area contributed by atoms with E-state index in [9.17, 15) is 4.79 Å². The molecule has 3 saturated heterocycles. The minimum Gasteiger partial charge on any atom is -0.469 e. The lowest BCUT2D eigenvalue weighted by Crippen LogP contribution is -2.42. The van der Waals surface area contributed by atoms with Gasteiger partial charge >= 0.3 is 5.97 Å². The van der Waals surface area contributed by atoms with Crippen molar-refractivity contribution in [2.75, 3.05) is 20.3 Å². The van der Waals surface area contributed by atoms with Gasteiger partial charge in [-0.3, -0.25) is 4.79 Å². The van der Waals surface area contributed by atoms with Crippen molar-refractivity contribution in [1.29, 1.82) is 0 Å². The second kappa shape index (κ2) is 19.7. The summed E-state index contributed by atoms with van der Waals surface area (Å²) >= 11 is 0. The zero-order valence-electron chi connectivity index (χ0n) is 34.9. The minimum atomic E-state index is -1.83. The van der Waals surface area contributed by atoms with Crippen molar-refractivity contribution in [3.8, 4) is 0 Å². The van der Waals surface area contributed by atoms with Gasteiger partial charge in [-0.05, 0) is 110 Å². The number of hydrogen-bond acceptors (Lipinski definition) is 7. The van der Waals surface area contributed by atoms with Crippen molar-refractivity contribution in [3.63, 3.8) is 0 Å². The van der Waals surface area contributed by atoms with Gasteiger partial charge in [0.05, 0.1) is 50.2 Å². The lowest BCUT2D eigenvalue weighted by molar-refractivity contribution is -0.142. The quantitative estimate of drug-likeness (QED) is 0.0531. The van der Waals surface area contributed by atoms with E-state index in [1.165, 1.54) is 30.8 Å². The zero-order valence-corrected chi connectivity index (χ0v) is 36.9. The molecule has 10 atom stereocenters. The molecular weight excluding hydrogens is 673 g/mol. The third-order valence-corrected chi connectivity index (χ3v) is 22.6. The van der Waals surface area contributed by atoms with Crippen LogP contribution in [0.25, 0.3) is 0 Å². The predicted octanol–water partition coefficient (Wildman–Crippen LogP) is 10.7. The molecule has 0 radical (unpaired) electrons. The fraction of sp³-hybridized carbons (Fsp3) is 0.881. The molecule has 3 fully saturated rings. The molecule has 7 nitrogen and oxygen atoms in total. The van der Waals surface area contributed by atoms with Crippen molar-refractivity contribution >= 4 is 22.6 Å². The first-order valence-corrected chi connectivity index (χ1v) is 26.0. The summed E-state index contributed by atoms with van der Waals surface area (Å²) in [5.41, 5.74) is 2.36. The van der Waals surface area contributed by atoms with Crippen LogP contribution in [0.15, 0.2) is 24.3 Å². The average Bonchev–Trinajstić information content (AvgIpc) is 3.58. The van der Waals surface area contributed by atoms with Crippen LogP contribution in [-0.4, -0.2) is 79.6 Å². The highest BCUT2D eigenvalue weighted by Crippen LogP contribution is 2.44. The molecule has 0 aromatic heterocycles. The fourth-order valence-electron chi connectivity index (χ4n) is 8.27. The summed E-state index contributed by atoms with van der Waals surface area (Å²) < 4.78 is 38.4. The molecule has 3 rings (SSSR count). The van der Waals surface area contributed by atoms with E-state index in [1.807, 2.05) is 0 Å². The monoisotopic (exact) mass is 751 g/mol. The standard InChI is InChI=1S/C42H78O7Si2/c1-15-51(16-2,17-3)45-22-18-19-34-25-31(6)37(47-34)21-20-35-24-30(5)32(7)39(48-35)27-40-36(26-41(43)44-12)33(8)38(49-40)23-29(4)28-46-50(13,14)42(9,10)11/h29-30,33-40H,6-7,15-28H2,1-5,8-14H3/t29-,30+,33+,34?,35-,36+,37?,38+,39?,40-/m0/s1. The predicted molar refractivity (Wildman–Crippen MR) is 215 cm³/mol. The van der Waals surface area contributed by atoms with E-state index >= 15 is 0 Å². The van der Waals surface area contributed by atoms with Crippen LogP contribution < -0.4 is 0 Å². The molecule has 51 heavy (non-hydrogen) atoms. The van der Waals surface area contributed by atoms with Gasteiger partial charge in [0.1, 0.15) is 0 Å². The second-order valence-corrected chi connectivity index (χ2v) is 27.6. The summed E-state index contributed by atoms with van der Waals surface area (Å²) in [6.45, 7) is 35.6. The first-order chi connectivity index (χ1) is 23.9. The molecule has 296 valence electrons. The number of rotatable bonds is 20. The summed E-state index contributed by atoms with van der Waals surface area (Å²) in [6.07, 6.45) is 8.20. The molecule has 0 aliphatic carbocycles. The van der Waals surface area contributed by atoms with Crippen LogP contribution in [0.1, 0.15) is 120 Å². The Kier molecular flexibility index (Phi) is 17.2. The Balaban J connectivity index is 1.55. The van der Waals surface area contributed by atoms with Gasteiger partial charge in [0.2, 0.25) is 0 Å². The molecule has 0 spiro atoms. The number of carbonyl (C=O) groups is 1. The topological polar surface area (TPSA) is 72.5 Å².